The van der Waals surface area contributed by atoms with Gasteiger partial charge in [0.15, 0.2) is 5.82 Å². The Morgan fingerprint density at radius 2 is 1.94 bits per heavy atom. The Bertz CT molecular complexity index is 612. The average Bonchev–Trinajstić information content (AvgIpc) is 2.86. The van der Waals surface area contributed by atoms with E-state index >= 15 is 0 Å². The molecule has 0 atom stereocenters. The zero-order valence-corrected chi connectivity index (χ0v) is 9.02. The predicted molar refractivity (Wildman–Crippen MR) is 61.9 cm³/mol. The first-order valence-corrected chi connectivity index (χ1v) is 4.74. The van der Waals surface area contributed by atoms with Crippen molar-refractivity contribution in [2.45, 2.75) is 0 Å². The fourth-order valence-electron chi connectivity index (χ4n) is 1.38. The van der Waals surface area contributed by atoms with Crippen LogP contribution in [0.2, 0.25) is 0 Å². The lowest BCUT2D eigenvalue weighted by Crippen LogP contribution is -2.15. The third kappa shape index (κ3) is 1.81. The molecule has 94 valence electrons. The molecular weight excluding hydrogens is 240 g/mol. The number of rotatable bonds is 4. The summed E-state index contributed by atoms with van der Waals surface area (Å²) in [4.78, 5) is 22.3. The molecule has 2 heterocycles. The predicted octanol–water partition coefficient (Wildman–Crippen LogP) is -1.34. The molecule has 0 radical (unpaired) electrons. The Labute approximate surface area is 99.9 Å². The van der Waals surface area contributed by atoms with Crippen molar-refractivity contribution in [1.82, 2.24) is 20.4 Å². The Hall–Kier alpha value is -3.04. The normalized spacial score (nSPS) is 10.2. The second-order valence-corrected chi connectivity index (χ2v) is 3.37. The Balaban J connectivity index is 2.37. The van der Waals surface area contributed by atoms with E-state index in [0.29, 0.717) is 0 Å². The average molecular weight is 250 g/mol. The number of aromatic amines is 2. The van der Waals surface area contributed by atoms with Crippen LogP contribution in [-0.4, -0.2) is 32.2 Å². The summed E-state index contributed by atoms with van der Waals surface area (Å²) in [5, 5.41) is 15.0. The van der Waals surface area contributed by atoms with Crippen molar-refractivity contribution in [1.29, 1.82) is 0 Å². The van der Waals surface area contributed by atoms with Crippen molar-refractivity contribution in [3.8, 4) is 0 Å². The molecule has 0 unspecified atom stereocenters. The molecule has 0 aromatic carbocycles. The third-order valence-corrected chi connectivity index (χ3v) is 2.19. The first-order chi connectivity index (χ1) is 8.50. The summed E-state index contributed by atoms with van der Waals surface area (Å²) >= 11 is 0. The lowest BCUT2D eigenvalue weighted by atomic mass is 10.2. The van der Waals surface area contributed by atoms with Crippen LogP contribution >= 0.6 is 0 Å². The number of nitrogens with two attached hydrogens (primary N) is 3. The van der Waals surface area contributed by atoms with Gasteiger partial charge in [-0.3, -0.25) is 19.8 Å². The number of aromatic nitrogens is 4. The first kappa shape index (κ1) is 11.4. The molecule has 2 aromatic rings. The molecule has 10 nitrogen and oxygen atoms in total. The summed E-state index contributed by atoms with van der Waals surface area (Å²) in [6.07, 6.45) is 1.24. The van der Waals surface area contributed by atoms with E-state index in [0.717, 1.165) is 0 Å². The molecule has 0 aliphatic carbocycles. The number of H-pyrrole nitrogens is 2. The van der Waals surface area contributed by atoms with Crippen LogP contribution in [0.15, 0.2) is 6.20 Å². The topological polar surface area (TPSA) is 182 Å². The van der Waals surface area contributed by atoms with E-state index in [4.69, 9.17) is 17.2 Å². The van der Waals surface area contributed by atoms with Gasteiger partial charge in [0.25, 0.3) is 11.8 Å². The summed E-state index contributed by atoms with van der Waals surface area (Å²) in [5.74, 6) is -1.16. The Kier molecular flexibility index (Phi) is 2.60. The van der Waals surface area contributed by atoms with Crippen molar-refractivity contribution < 1.29 is 9.59 Å². The smallest absolute Gasteiger partial charge is 0.256 e. The van der Waals surface area contributed by atoms with Gasteiger partial charge in [-0.25, -0.2) is 0 Å². The SMILES string of the molecule is NC(=O)c1cn[nH]c1Nc1n[nH]c(N)c1C(N)=O. The minimum absolute atomic E-state index is 0.0139. The molecule has 2 rings (SSSR count). The van der Waals surface area contributed by atoms with E-state index in [-0.39, 0.29) is 28.6 Å². The second kappa shape index (κ2) is 4.08. The van der Waals surface area contributed by atoms with Gasteiger partial charge in [0, 0.05) is 0 Å². The molecule has 0 bridgehead atoms. The van der Waals surface area contributed by atoms with Gasteiger partial charge in [0.2, 0.25) is 0 Å². The van der Waals surface area contributed by atoms with Crippen molar-refractivity contribution in [2.75, 3.05) is 11.1 Å². The highest BCUT2D eigenvalue weighted by molar-refractivity contribution is 6.03. The van der Waals surface area contributed by atoms with E-state index in [1.165, 1.54) is 6.20 Å². The maximum Gasteiger partial charge on any atom is 0.256 e. The molecule has 0 spiro atoms. The van der Waals surface area contributed by atoms with Crippen molar-refractivity contribution >= 4 is 29.3 Å². The Morgan fingerprint density at radius 3 is 2.56 bits per heavy atom. The van der Waals surface area contributed by atoms with Gasteiger partial charge in [0.1, 0.15) is 22.8 Å². The quantitative estimate of drug-likeness (QED) is 0.390. The molecule has 9 N–H and O–H groups in total. The number of carbonyl (C=O) groups is 2. The lowest BCUT2D eigenvalue weighted by Gasteiger charge is -2.03. The van der Waals surface area contributed by atoms with E-state index in [1.54, 1.807) is 0 Å². The first-order valence-electron chi connectivity index (χ1n) is 4.74. The van der Waals surface area contributed by atoms with Crippen molar-refractivity contribution in [3.05, 3.63) is 17.3 Å². The van der Waals surface area contributed by atoms with Gasteiger partial charge >= 0.3 is 0 Å². The fourth-order valence-corrected chi connectivity index (χ4v) is 1.38. The summed E-state index contributed by atoms with van der Waals surface area (Å²) in [5.41, 5.74) is 15.9. The highest BCUT2D eigenvalue weighted by atomic mass is 16.1. The number of anilines is 3. The van der Waals surface area contributed by atoms with Crippen LogP contribution in [0.5, 0.6) is 0 Å². The maximum absolute atomic E-state index is 11.2. The molecule has 2 aromatic heterocycles. The van der Waals surface area contributed by atoms with Crippen LogP contribution in [0.1, 0.15) is 20.7 Å². The number of hydrogen-bond acceptors (Lipinski definition) is 6. The van der Waals surface area contributed by atoms with E-state index in [2.05, 4.69) is 25.7 Å². The highest BCUT2D eigenvalue weighted by Crippen LogP contribution is 2.22. The van der Waals surface area contributed by atoms with E-state index in [9.17, 15) is 9.59 Å². The van der Waals surface area contributed by atoms with Crippen LogP contribution < -0.4 is 22.5 Å². The minimum Gasteiger partial charge on any atom is -0.383 e. The van der Waals surface area contributed by atoms with Gasteiger partial charge in [-0.1, -0.05) is 0 Å². The number of primary amides is 2. The number of hydrogen-bond donors (Lipinski definition) is 6. The number of amides is 2. The largest absolute Gasteiger partial charge is 0.383 e. The fraction of sp³-hybridized carbons (Fsp3) is 0. The number of nitrogens with one attached hydrogen (secondary N) is 3. The summed E-state index contributed by atoms with van der Waals surface area (Å²) in [6, 6.07) is 0. The summed E-state index contributed by atoms with van der Waals surface area (Å²) in [7, 11) is 0. The van der Waals surface area contributed by atoms with Crippen LogP contribution in [-0.2, 0) is 0 Å². The standard InChI is InChI=1S/C8H10N8O2/c9-4-3(6(11)18)8(16-14-4)13-7-2(5(10)17)1-12-15-7/h1H,(H2,10,17)(H2,11,18)(H5,9,12,13,14,15,16). The van der Waals surface area contributed by atoms with Gasteiger partial charge in [0.05, 0.1) is 6.20 Å². The molecule has 0 aliphatic rings. The van der Waals surface area contributed by atoms with Gasteiger partial charge < -0.3 is 22.5 Å². The van der Waals surface area contributed by atoms with Crippen LogP contribution in [0.4, 0.5) is 17.5 Å². The zero-order valence-electron chi connectivity index (χ0n) is 9.02. The molecule has 2 amide bonds. The van der Waals surface area contributed by atoms with E-state index in [1.807, 2.05) is 0 Å². The highest BCUT2D eigenvalue weighted by Gasteiger charge is 2.19. The monoisotopic (exact) mass is 250 g/mol. The number of nitrogens with zero attached hydrogens (tertiary/aromatic N) is 2. The second-order valence-electron chi connectivity index (χ2n) is 3.37. The Morgan fingerprint density at radius 1 is 1.22 bits per heavy atom. The molecule has 0 saturated carbocycles. The molecule has 0 saturated heterocycles. The van der Waals surface area contributed by atoms with Crippen molar-refractivity contribution in [3.63, 3.8) is 0 Å². The molecular formula is C8H10N8O2. The molecule has 18 heavy (non-hydrogen) atoms. The van der Waals surface area contributed by atoms with Gasteiger partial charge in [-0.2, -0.15) is 10.2 Å². The summed E-state index contributed by atoms with van der Waals surface area (Å²) < 4.78 is 0. The number of carbonyl (C=O) groups excluding carboxylic acids is 2. The molecule has 0 fully saturated rings. The van der Waals surface area contributed by atoms with Gasteiger partial charge in [-0.05, 0) is 0 Å². The van der Waals surface area contributed by atoms with Crippen LogP contribution in [0, 0.1) is 0 Å². The maximum atomic E-state index is 11.2. The molecule has 0 aliphatic heterocycles. The van der Waals surface area contributed by atoms with Crippen LogP contribution in [0.3, 0.4) is 0 Å². The summed E-state index contributed by atoms with van der Waals surface area (Å²) in [6.45, 7) is 0. The van der Waals surface area contributed by atoms with Crippen LogP contribution in [0.25, 0.3) is 0 Å². The van der Waals surface area contributed by atoms with E-state index < -0.39 is 11.8 Å². The van der Waals surface area contributed by atoms with Gasteiger partial charge in [-0.15, -0.1) is 0 Å². The zero-order chi connectivity index (χ0) is 13.3. The minimum atomic E-state index is -0.760. The molecule has 10 heteroatoms. The van der Waals surface area contributed by atoms with Crippen molar-refractivity contribution in [2.24, 2.45) is 11.5 Å². The number of nitrogen functional groups attached to an aromatic ring is 1. The lowest BCUT2D eigenvalue weighted by molar-refractivity contribution is 0.0993. The third-order valence-electron chi connectivity index (χ3n) is 2.19.